The summed E-state index contributed by atoms with van der Waals surface area (Å²) < 4.78 is 16.9. The first-order valence-electron chi connectivity index (χ1n) is 14.3. The number of benzene rings is 1. The highest BCUT2D eigenvalue weighted by molar-refractivity contribution is 5.80. The minimum absolute atomic E-state index is 0.0318. The molecular formula is C29H44N4O5. The number of amides is 1. The molecule has 1 spiro atoms. The van der Waals surface area contributed by atoms with Crippen LogP contribution in [0.4, 0.5) is 16.2 Å². The largest absolute Gasteiger partial charge is 0.462 e. The maximum Gasteiger partial charge on any atom is 0.410 e. The molecule has 38 heavy (non-hydrogen) atoms. The Bertz CT molecular complexity index is 973. The zero-order valence-electron chi connectivity index (χ0n) is 23.3. The van der Waals surface area contributed by atoms with Crippen molar-refractivity contribution in [2.45, 2.75) is 58.2 Å². The first kappa shape index (κ1) is 27.1. The third-order valence-electron chi connectivity index (χ3n) is 8.41. The number of hydrogen-bond acceptors (Lipinski definition) is 8. The molecule has 4 heterocycles. The number of carbonyl (C=O) groups excluding carboxylic acids is 2. The average molecular weight is 529 g/mol. The quantitative estimate of drug-likeness (QED) is 0.539. The van der Waals surface area contributed by atoms with Gasteiger partial charge in [0.1, 0.15) is 11.7 Å². The smallest absolute Gasteiger partial charge is 0.410 e. The van der Waals surface area contributed by atoms with Crippen LogP contribution in [0.15, 0.2) is 24.3 Å². The molecule has 4 aliphatic heterocycles. The highest BCUT2D eigenvalue weighted by Crippen LogP contribution is 2.44. The predicted octanol–water partition coefficient (Wildman–Crippen LogP) is 3.37. The number of para-hydroxylation sites is 2. The first-order chi connectivity index (χ1) is 18.2. The van der Waals surface area contributed by atoms with Gasteiger partial charge in [-0.1, -0.05) is 12.1 Å². The van der Waals surface area contributed by atoms with Crippen LogP contribution >= 0.6 is 0 Å². The van der Waals surface area contributed by atoms with Crippen LogP contribution < -0.4 is 9.80 Å². The van der Waals surface area contributed by atoms with Crippen molar-refractivity contribution in [1.29, 1.82) is 0 Å². The Morgan fingerprint density at radius 2 is 1.55 bits per heavy atom. The Morgan fingerprint density at radius 3 is 2.16 bits per heavy atom. The molecule has 0 aromatic heterocycles. The standard InChI is InChI=1S/C29H44N4O5/c1-28(2,3)38-27(35)33-12-9-29(10-13-33)22-23(37-26(29)34)8-11-30-14-16-31(17-15-30)24-6-4-5-7-25(24)32-18-20-36-21-19-32/h4-7,23H,8-22H2,1-3H3/t23-/m0/s1. The summed E-state index contributed by atoms with van der Waals surface area (Å²) in [6, 6.07) is 8.73. The van der Waals surface area contributed by atoms with Gasteiger partial charge in [-0.2, -0.15) is 0 Å². The van der Waals surface area contributed by atoms with Crippen LogP contribution in [0.5, 0.6) is 0 Å². The molecule has 9 nitrogen and oxygen atoms in total. The van der Waals surface area contributed by atoms with Crippen LogP contribution in [0.1, 0.15) is 46.5 Å². The molecule has 0 aliphatic carbocycles. The fourth-order valence-corrected chi connectivity index (χ4v) is 6.19. The van der Waals surface area contributed by atoms with E-state index < -0.39 is 11.0 Å². The lowest BCUT2D eigenvalue weighted by atomic mass is 9.76. The molecule has 5 rings (SSSR count). The molecule has 4 aliphatic rings. The molecule has 1 atom stereocenters. The summed E-state index contributed by atoms with van der Waals surface area (Å²) in [7, 11) is 0. The number of nitrogens with zero attached hydrogens (tertiary/aromatic N) is 4. The Kier molecular flexibility index (Phi) is 8.05. The van der Waals surface area contributed by atoms with Crippen molar-refractivity contribution in [2.75, 3.05) is 81.9 Å². The van der Waals surface area contributed by atoms with E-state index in [0.29, 0.717) is 25.9 Å². The molecule has 0 saturated carbocycles. The van der Waals surface area contributed by atoms with E-state index in [9.17, 15) is 9.59 Å². The minimum atomic E-state index is -0.513. The Morgan fingerprint density at radius 1 is 0.947 bits per heavy atom. The lowest BCUT2D eigenvalue weighted by Gasteiger charge is -2.39. The summed E-state index contributed by atoms with van der Waals surface area (Å²) >= 11 is 0. The van der Waals surface area contributed by atoms with Crippen LogP contribution in [-0.4, -0.2) is 106 Å². The van der Waals surface area contributed by atoms with Gasteiger partial charge in [-0.15, -0.1) is 0 Å². The lowest BCUT2D eigenvalue weighted by Crippen LogP contribution is -2.48. The molecule has 0 N–H and O–H groups in total. The molecule has 1 aromatic rings. The maximum absolute atomic E-state index is 12.9. The van der Waals surface area contributed by atoms with E-state index in [1.165, 1.54) is 11.4 Å². The van der Waals surface area contributed by atoms with Gasteiger partial charge in [0.05, 0.1) is 30.0 Å². The van der Waals surface area contributed by atoms with Gasteiger partial charge in [-0.25, -0.2) is 4.79 Å². The second-order valence-electron chi connectivity index (χ2n) is 12.2. The van der Waals surface area contributed by atoms with Crippen molar-refractivity contribution in [3.05, 3.63) is 24.3 Å². The zero-order chi connectivity index (χ0) is 26.8. The summed E-state index contributed by atoms with van der Waals surface area (Å²) in [5.74, 6) is -0.0733. The first-order valence-corrected chi connectivity index (χ1v) is 14.3. The minimum Gasteiger partial charge on any atom is -0.462 e. The number of piperidine rings is 1. The van der Waals surface area contributed by atoms with E-state index in [0.717, 1.165) is 71.9 Å². The molecule has 210 valence electrons. The van der Waals surface area contributed by atoms with Gasteiger partial charge in [-0.3, -0.25) is 9.69 Å². The molecule has 0 unspecified atom stereocenters. The molecule has 4 fully saturated rings. The number of morpholine rings is 1. The normalized spacial score (nSPS) is 24.6. The van der Waals surface area contributed by atoms with Gasteiger partial charge >= 0.3 is 12.1 Å². The Hall–Kier alpha value is -2.52. The molecule has 0 bridgehead atoms. The Labute approximate surface area is 227 Å². The van der Waals surface area contributed by atoms with Gasteiger partial charge in [0.2, 0.25) is 0 Å². The molecule has 1 amide bonds. The summed E-state index contributed by atoms with van der Waals surface area (Å²) in [6.07, 6.45) is 2.62. The van der Waals surface area contributed by atoms with Crippen LogP contribution in [0, 0.1) is 5.41 Å². The zero-order valence-corrected chi connectivity index (χ0v) is 23.3. The van der Waals surface area contributed by atoms with E-state index >= 15 is 0 Å². The monoisotopic (exact) mass is 528 g/mol. The van der Waals surface area contributed by atoms with Gasteiger partial charge in [-0.05, 0) is 52.2 Å². The number of anilines is 2. The van der Waals surface area contributed by atoms with Gasteiger partial charge in [0.15, 0.2) is 0 Å². The fraction of sp³-hybridized carbons (Fsp3) is 0.724. The van der Waals surface area contributed by atoms with Crippen LogP contribution in [0.25, 0.3) is 0 Å². The van der Waals surface area contributed by atoms with E-state index in [-0.39, 0.29) is 18.2 Å². The highest BCUT2D eigenvalue weighted by Gasteiger charge is 2.51. The van der Waals surface area contributed by atoms with Crippen LogP contribution in [-0.2, 0) is 19.0 Å². The van der Waals surface area contributed by atoms with E-state index in [4.69, 9.17) is 14.2 Å². The number of carbonyl (C=O) groups is 2. The fourth-order valence-electron chi connectivity index (χ4n) is 6.19. The number of cyclic esters (lactones) is 1. The summed E-state index contributed by atoms with van der Waals surface area (Å²) in [5, 5.41) is 0. The summed E-state index contributed by atoms with van der Waals surface area (Å²) in [4.78, 5) is 34.5. The molecule has 1 aromatic carbocycles. The van der Waals surface area contributed by atoms with E-state index in [1.807, 2.05) is 20.8 Å². The number of piperazine rings is 1. The predicted molar refractivity (Wildman–Crippen MR) is 147 cm³/mol. The molecule has 9 heteroatoms. The molecule has 0 radical (unpaired) electrons. The van der Waals surface area contributed by atoms with Crippen molar-refractivity contribution in [3.8, 4) is 0 Å². The van der Waals surface area contributed by atoms with Crippen molar-refractivity contribution in [1.82, 2.24) is 9.80 Å². The highest BCUT2D eigenvalue weighted by atomic mass is 16.6. The van der Waals surface area contributed by atoms with E-state index in [2.05, 4.69) is 39.0 Å². The lowest BCUT2D eigenvalue weighted by molar-refractivity contribution is -0.151. The number of rotatable bonds is 5. The third kappa shape index (κ3) is 6.20. The number of hydrogen-bond donors (Lipinski definition) is 0. The second-order valence-corrected chi connectivity index (χ2v) is 12.2. The number of ether oxygens (including phenoxy) is 3. The van der Waals surface area contributed by atoms with Crippen molar-refractivity contribution in [2.24, 2.45) is 5.41 Å². The van der Waals surface area contributed by atoms with Crippen LogP contribution in [0.3, 0.4) is 0 Å². The maximum atomic E-state index is 12.9. The van der Waals surface area contributed by atoms with Crippen LogP contribution in [0.2, 0.25) is 0 Å². The molecule has 4 saturated heterocycles. The molecular weight excluding hydrogens is 484 g/mol. The SMILES string of the molecule is CC(C)(C)OC(=O)N1CCC2(CC1)C[C@H](CCN1CCN(c3ccccc3N3CCOCC3)CC1)OC2=O. The van der Waals surface area contributed by atoms with Gasteiger partial charge in [0, 0.05) is 65.3 Å². The summed E-state index contributed by atoms with van der Waals surface area (Å²) in [5.41, 5.74) is 1.68. The average Bonchev–Trinajstić information content (AvgIpc) is 3.22. The van der Waals surface area contributed by atoms with Gasteiger partial charge in [0.25, 0.3) is 0 Å². The number of esters is 1. The number of likely N-dealkylation sites (tertiary alicyclic amines) is 1. The topological polar surface area (TPSA) is 74.8 Å². The summed E-state index contributed by atoms with van der Waals surface area (Å²) in [6.45, 7) is 15.1. The second kappa shape index (κ2) is 11.3. The van der Waals surface area contributed by atoms with Crippen molar-refractivity contribution in [3.63, 3.8) is 0 Å². The van der Waals surface area contributed by atoms with Crippen molar-refractivity contribution >= 4 is 23.4 Å². The third-order valence-corrected chi connectivity index (χ3v) is 8.41. The van der Waals surface area contributed by atoms with Gasteiger partial charge < -0.3 is 28.9 Å². The van der Waals surface area contributed by atoms with Crippen molar-refractivity contribution < 1.29 is 23.8 Å². The Balaban J connectivity index is 1.07. The van der Waals surface area contributed by atoms with E-state index in [1.54, 1.807) is 4.90 Å².